The number of methoxy groups -OCH3 is 2. The van der Waals surface area contributed by atoms with Crippen LogP contribution in [0.5, 0.6) is 5.75 Å². The highest BCUT2D eigenvalue weighted by Crippen LogP contribution is 2.21. The summed E-state index contributed by atoms with van der Waals surface area (Å²) in [5.74, 6) is -2.69. The lowest BCUT2D eigenvalue weighted by Crippen LogP contribution is -2.43. The van der Waals surface area contributed by atoms with Crippen LogP contribution in [0.4, 0.5) is 5.69 Å². The molecule has 1 rings (SSSR count). The molecule has 1 amide bonds. The summed E-state index contributed by atoms with van der Waals surface area (Å²) in [5.41, 5.74) is 8.62. The van der Waals surface area contributed by atoms with E-state index in [9.17, 15) is 19.2 Å². The maximum atomic E-state index is 12.8. The molecule has 0 fully saturated rings. The van der Waals surface area contributed by atoms with Gasteiger partial charge in [-0.3, -0.25) is 14.4 Å². The molecule has 11 nitrogen and oxygen atoms in total. The quantitative estimate of drug-likeness (QED) is 0.134. The molecule has 0 aliphatic heterocycles. The highest BCUT2D eigenvalue weighted by Gasteiger charge is 2.36. The molecule has 0 heterocycles. The summed E-state index contributed by atoms with van der Waals surface area (Å²) in [5, 5.41) is 0. The predicted octanol–water partition coefficient (Wildman–Crippen LogP) is 0.757. The molecule has 11 heteroatoms. The van der Waals surface area contributed by atoms with Gasteiger partial charge in [0.1, 0.15) is 18.5 Å². The van der Waals surface area contributed by atoms with Gasteiger partial charge in [0.2, 0.25) is 0 Å². The smallest absolute Gasteiger partial charge is 0.463 e. The first-order valence-electron chi connectivity index (χ1n) is 8.80. The maximum absolute atomic E-state index is 12.8. The molecule has 0 aromatic heterocycles. The van der Waals surface area contributed by atoms with Gasteiger partial charge in [0, 0.05) is 32.5 Å². The molecule has 1 atom stereocenters. The Kier molecular flexibility index (Phi) is 9.71. The summed E-state index contributed by atoms with van der Waals surface area (Å²) in [4.78, 5) is 50.9. The van der Waals surface area contributed by atoms with E-state index in [1.165, 1.54) is 21.0 Å². The van der Waals surface area contributed by atoms with Crippen LogP contribution in [-0.2, 0) is 33.4 Å². The average Bonchev–Trinajstić information content (AvgIpc) is 2.72. The number of esters is 3. The van der Waals surface area contributed by atoms with Crippen LogP contribution in [-0.4, -0.2) is 67.8 Å². The van der Waals surface area contributed by atoms with Gasteiger partial charge in [-0.15, -0.1) is 0 Å². The van der Waals surface area contributed by atoms with E-state index in [-0.39, 0.29) is 19.6 Å². The van der Waals surface area contributed by atoms with E-state index < -0.39 is 35.6 Å². The van der Waals surface area contributed by atoms with Gasteiger partial charge in [-0.25, -0.2) is 4.79 Å². The van der Waals surface area contributed by atoms with Gasteiger partial charge >= 0.3 is 29.5 Å². The lowest BCUT2D eigenvalue weighted by Gasteiger charge is -2.24. The van der Waals surface area contributed by atoms with E-state index in [4.69, 9.17) is 19.7 Å². The monoisotopic (exact) mass is 421 g/mol. The Labute approximate surface area is 173 Å². The summed E-state index contributed by atoms with van der Waals surface area (Å²) in [6.45, 7) is 2.12. The average molecular weight is 421 g/mol. The van der Waals surface area contributed by atoms with E-state index in [0.717, 1.165) is 12.0 Å². The molecule has 1 aromatic rings. The van der Waals surface area contributed by atoms with Crippen molar-refractivity contribution >= 4 is 35.2 Å². The highest BCUT2D eigenvalue weighted by molar-refractivity contribution is 6.64. The Morgan fingerprint density at radius 2 is 1.70 bits per heavy atom. The van der Waals surface area contributed by atoms with E-state index in [1.54, 1.807) is 24.3 Å². The number of hydrogen-bond donors (Lipinski definition) is 0. The Balaban J connectivity index is 3.16. The van der Waals surface area contributed by atoms with Crippen molar-refractivity contribution in [3.05, 3.63) is 29.8 Å². The Morgan fingerprint density at radius 3 is 2.17 bits per heavy atom. The van der Waals surface area contributed by atoms with Gasteiger partial charge < -0.3 is 29.4 Å². The number of amides is 1. The number of carbonyl (C=O) groups is 4. The summed E-state index contributed by atoms with van der Waals surface area (Å²) in [6.07, 6.45) is -0.780. The van der Waals surface area contributed by atoms with Crippen LogP contribution in [0, 0.1) is 0 Å². The van der Waals surface area contributed by atoms with E-state index in [1.807, 2.05) is 0 Å². The third-order valence-corrected chi connectivity index (χ3v) is 3.79. The maximum Gasteiger partial charge on any atom is 0.463 e. The van der Waals surface area contributed by atoms with Gasteiger partial charge in [0.25, 0.3) is 0 Å². The van der Waals surface area contributed by atoms with Crippen molar-refractivity contribution in [2.24, 2.45) is 0 Å². The van der Waals surface area contributed by atoms with Crippen molar-refractivity contribution < 1.29 is 42.9 Å². The summed E-state index contributed by atoms with van der Waals surface area (Å²) in [7, 11) is 2.51. The van der Waals surface area contributed by atoms with Crippen molar-refractivity contribution in [2.45, 2.75) is 26.4 Å². The van der Waals surface area contributed by atoms with Crippen LogP contribution in [0.1, 0.15) is 20.3 Å². The number of carbonyl (C=O) groups excluding carboxylic acids is 4. The zero-order valence-electron chi connectivity index (χ0n) is 17.1. The number of hydrogen-bond acceptors (Lipinski definition) is 8. The largest absolute Gasteiger partial charge is 0.497 e. The standard InChI is InChI=1S/C19H23N3O8/c1-12(23)29-11-16(30-13(2)24)9-10-22(14-5-7-15(27-3)8-6-14)18(25)17(21-20)19(26)28-4/h5-8,16H,9-11H2,1-4H3/t16-/m0/s1. The van der Waals surface area contributed by atoms with Crippen LogP contribution in [0.25, 0.3) is 5.53 Å². The van der Waals surface area contributed by atoms with E-state index in [2.05, 4.69) is 9.53 Å². The number of rotatable bonds is 10. The fourth-order valence-corrected chi connectivity index (χ4v) is 2.40. The SMILES string of the molecule is COC(=O)C(=[N+]=[N-])C(=O)N(CC[C@@H](COC(C)=O)OC(C)=O)c1ccc(OC)cc1. The number of anilines is 1. The zero-order valence-corrected chi connectivity index (χ0v) is 17.1. The first-order valence-corrected chi connectivity index (χ1v) is 8.80. The molecule has 162 valence electrons. The van der Waals surface area contributed by atoms with Crippen molar-refractivity contribution in [3.63, 3.8) is 0 Å². The normalized spacial score (nSPS) is 10.8. The van der Waals surface area contributed by atoms with E-state index >= 15 is 0 Å². The lowest BCUT2D eigenvalue weighted by molar-refractivity contribution is -0.156. The Hall–Kier alpha value is -3.72. The van der Waals surface area contributed by atoms with Crippen LogP contribution in [0.2, 0.25) is 0 Å². The van der Waals surface area contributed by atoms with Crippen molar-refractivity contribution in [3.8, 4) is 5.75 Å². The van der Waals surface area contributed by atoms with Gasteiger partial charge in [-0.2, -0.15) is 4.79 Å². The second-order valence-electron chi connectivity index (χ2n) is 5.92. The molecule has 0 radical (unpaired) electrons. The highest BCUT2D eigenvalue weighted by atomic mass is 16.6. The fourth-order valence-electron chi connectivity index (χ4n) is 2.40. The molecule has 0 aliphatic rings. The molecule has 0 unspecified atom stereocenters. The minimum atomic E-state index is -1.13. The minimum absolute atomic E-state index is 0.0600. The Morgan fingerprint density at radius 1 is 1.07 bits per heavy atom. The third-order valence-electron chi connectivity index (χ3n) is 3.79. The number of benzene rings is 1. The topological polar surface area (TPSA) is 145 Å². The van der Waals surface area contributed by atoms with Crippen molar-refractivity contribution in [1.82, 2.24) is 0 Å². The molecule has 30 heavy (non-hydrogen) atoms. The first kappa shape index (κ1) is 24.3. The molecule has 0 spiro atoms. The molecular formula is C19H23N3O8. The molecule has 0 N–H and O–H groups in total. The molecule has 0 aliphatic carbocycles. The van der Waals surface area contributed by atoms with Crippen LogP contribution >= 0.6 is 0 Å². The molecule has 0 bridgehead atoms. The first-order chi connectivity index (χ1) is 14.2. The molecular weight excluding hydrogens is 398 g/mol. The second-order valence-corrected chi connectivity index (χ2v) is 5.92. The zero-order chi connectivity index (χ0) is 22.7. The summed E-state index contributed by atoms with van der Waals surface area (Å²) >= 11 is 0. The van der Waals surface area contributed by atoms with Gasteiger partial charge in [0.15, 0.2) is 0 Å². The fraction of sp³-hybridized carbons (Fsp3) is 0.421. The predicted molar refractivity (Wildman–Crippen MR) is 103 cm³/mol. The Bertz CT molecular complexity index is 831. The molecule has 1 aromatic carbocycles. The van der Waals surface area contributed by atoms with Crippen molar-refractivity contribution in [2.75, 3.05) is 32.3 Å². The number of nitrogens with zero attached hydrogens (tertiary/aromatic N) is 3. The minimum Gasteiger partial charge on any atom is -0.497 e. The molecule has 0 saturated heterocycles. The van der Waals surface area contributed by atoms with Gasteiger partial charge in [0.05, 0.1) is 14.2 Å². The molecule has 0 saturated carbocycles. The van der Waals surface area contributed by atoms with Crippen LogP contribution in [0.3, 0.4) is 0 Å². The lowest BCUT2D eigenvalue weighted by atomic mass is 10.2. The van der Waals surface area contributed by atoms with Crippen LogP contribution in [0.15, 0.2) is 24.3 Å². The van der Waals surface area contributed by atoms with Crippen LogP contribution < -0.4 is 9.64 Å². The summed E-state index contributed by atoms with van der Waals surface area (Å²) < 4.78 is 19.5. The van der Waals surface area contributed by atoms with Gasteiger partial charge in [-0.1, -0.05) is 0 Å². The van der Waals surface area contributed by atoms with Crippen molar-refractivity contribution in [1.29, 1.82) is 0 Å². The summed E-state index contributed by atoms with van der Waals surface area (Å²) in [6, 6.07) is 6.28. The van der Waals surface area contributed by atoms with E-state index in [0.29, 0.717) is 11.4 Å². The third kappa shape index (κ3) is 7.36. The van der Waals surface area contributed by atoms with Gasteiger partial charge in [-0.05, 0) is 24.3 Å². The second kappa shape index (κ2) is 12.0. The number of ether oxygens (including phenoxy) is 4.